The normalized spacial score (nSPS) is 12.9. The summed E-state index contributed by atoms with van der Waals surface area (Å²) in [6.07, 6.45) is 10.3. The number of hydrogen-bond acceptors (Lipinski definition) is 2. The maximum atomic E-state index is 10.5. The summed E-state index contributed by atoms with van der Waals surface area (Å²) in [4.78, 5) is 20.9. The molecule has 1 atom stereocenters. The van der Waals surface area contributed by atoms with Crippen LogP contribution in [-0.4, -0.2) is 17.4 Å². The number of rotatable bonds is 9. The van der Waals surface area contributed by atoms with Gasteiger partial charge in [0.05, 0.1) is 0 Å². The van der Waals surface area contributed by atoms with Crippen molar-refractivity contribution in [2.45, 2.75) is 45.4 Å². The first-order chi connectivity index (χ1) is 7.22. The van der Waals surface area contributed by atoms with Gasteiger partial charge in [0.1, 0.15) is 12.2 Å². The highest BCUT2D eigenvalue weighted by atomic mass is 16.4. The predicted molar refractivity (Wildman–Crippen MR) is 59.7 cm³/mol. The maximum absolute atomic E-state index is 10.5. The number of hydrogen-bond donors (Lipinski definition) is 1. The molecule has 1 unspecified atom stereocenters. The number of allylic oxidation sites excluding steroid dienone is 2. The Bertz CT molecular complexity index is 209. The molecule has 1 N–H and O–H groups in total. The van der Waals surface area contributed by atoms with Crippen molar-refractivity contribution in [1.82, 2.24) is 0 Å². The van der Waals surface area contributed by atoms with Gasteiger partial charge in [0, 0.05) is 0 Å². The third kappa shape index (κ3) is 7.91. The van der Waals surface area contributed by atoms with Gasteiger partial charge in [0.2, 0.25) is 0 Å². The summed E-state index contributed by atoms with van der Waals surface area (Å²) < 4.78 is 0. The molecule has 3 heteroatoms. The van der Waals surface area contributed by atoms with E-state index in [1.165, 1.54) is 0 Å². The lowest BCUT2D eigenvalue weighted by atomic mass is 10.0. The summed E-state index contributed by atoms with van der Waals surface area (Å²) in [6, 6.07) is 0. The van der Waals surface area contributed by atoms with Crippen LogP contribution in [0, 0.1) is 5.92 Å². The Morgan fingerprint density at radius 3 is 2.53 bits per heavy atom. The summed E-state index contributed by atoms with van der Waals surface area (Å²) in [5, 5.41) is 8.60. The van der Waals surface area contributed by atoms with Crippen LogP contribution in [0.25, 0.3) is 0 Å². The number of carboxylic acid groups (broad SMARTS) is 1. The van der Waals surface area contributed by atoms with E-state index in [2.05, 4.69) is 19.1 Å². The van der Waals surface area contributed by atoms with E-state index in [0.717, 1.165) is 32.1 Å². The summed E-state index contributed by atoms with van der Waals surface area (Å²) in [5.41, 5.74) is 0. The largest absolute Gasteiger partial charge is 0.481 e. The molecule has 0 heterocycles. The van der Waals surface area contributed by atoms with Crippen LogP contribution < -0.4 is 0 Å². The summed E-state index contributed by atoms with van der Waals surface area (Å²) in [7, 11) is 0. The first-order valence-corrected chi connectivity index (χ1v) is 5.55. The van der Waals surface area contributed by atoms with Gasteiger partial charge in [-0.1, -0.05) is 31.9 Å². The van der Waals surface area contributed by atoms with Gasteiger partial charge in [-0.2, -0.15) is 0 Å². The maximum Gasteiger partial charge on any atom is 0.313 e. The van der Waals surface area contributed by atoms with Crippen LogP contribution >= 0.6 is 0 Å². The van der Waals surface area contributed by atoms with Crippen LogP contribution in [0.1, 0.15) is 45.4 Å². The Balaban J connectivity index is 3.41. The fourth-order valence-corrected chi connectivity index (χ4v) is 1.34. The van der Waals surface area contributed by atoms with Crippen molar-refractivity contribution in [3.8, 4) is 0 Å². The molecule has 0 aliphatic carbocycles. The van der Waals surface area contributed by atoms with Crippen molar-refractivity contribution in [3.05, 3.63) is 12.2 Å². The van der Waals surface area contributed by atoms with Crippen molar-refractivity contribution in [3.63, 3.8) is 0 Å². The van der Waals surface area contributed by atoms with Crippen LogP contribution in [0.4, 0.5) is 0 Å². The average Bonchev–Trinajstić information content (AvgIpc) is 2.21. The van der Waals surface area contributed by atoms with E-state index in [0.29, 0.717) is 12.7 Å². The van der Waals surface area contributed by atoms with Gasteiger partial charge in [0.25, 0.3) is 0 Å². The average molecular weight is 212 g/mol. The minimum Gasteiger partial charge on any atom is -0.481 e. The van der Waals surface area contributed by atoms with Crippen molar-refractivity contribution >= 4 is 12.3 Å². The lowest BCUT2D eigenvalue weighted by Gasteiger charge is -2.03. The minimum atomic E-state index is -1.00. The zero-order valence-corrected chi connectivity index (χ0v) is 9.32. The van der Waals surface area contributed by atoms with Crippen LogP contribution in [0.2, 0.25) is 0 Å². The van der Waals surface area contributed by atoms with Crippen LogP contribution in [0.3, 0.4) is 0 Å². The number of aliphatic carboxylic acids is 1. The quantitative estimate of drug-likeness (QED) is 0.277. The van der Waals surface area contributed by atoms with E-state index < -0.39 is 11.9 Å². The predicted octanol–water partition coefficient (Wildman–Crippen LogP) is 2.80. The molecule has 0 fully saturated rings. The molecular formula is C12H20O3. The molecule has 0 spiro atoms. The molecule has 0 aliphatic heterocycles. The fraction of sp³-hybridized carbons (Fsp3) is 0.667. The Kier molecular flexibility index (Phi) is 8.73. The molecule has 0 aromatic rings. The smallest absolute Gasteiger partial charge is 0.313 e. The molecule has 0 saturated carbocycles. The second kappa shape index (κ2) is 9.44. The number of aldehydes is 1. The molecule has 0 aliphatic rings. The molecule has 3 nitrogen and oxygen atoms in total. The molecule has 0 amide bonds. The lowest BCUT2D eigenvalue weighted by Crippen LogP contribution is -2.14. The number of unbranched alkanes of at least 4 members (excludes halogenated alkanes) is 3. The molecule has 0 rings (SSSR count). The Morgan fingerprint density at radius 2 is 2.00 bits per heavy atom. The Morgan fingerprint density at radius 1 is 1.27 bits per heavy atom. The fourth-order valence-electron chi connectivity index (χ4n) is 1.34. The zero-order chi connectivity index (χ0) is 11.5. The third-order valence-electron chi connectivity index (χ3n) is 2.27. The van der Waals surface area contributed by atoms with Crippen molar-refractivity contribution in [2.24, 2.45) is 5.92 Å². The Hall–Kier alpha value is -1.12. The van der Waals surface area contributed by atoms with Crippen molar-refractivity contribution < 1.29 is 14.7 Å². The van der Waals surface area contributed by atoms with Crippen molar-refractivity contribution in [2.75, 3.05) is 0 Å². The summed E-state index contributed by atoms with van der Waals surface area (Å²) >= 11 is 0. The molecule has 86 valence electrons. The van der Waals surface area contributed by atoms with Crippen molar-refractivity contribution in [1.29, 1.82) is 0 Å². The highest BCUT2D eigenvalue weighted by Gasteiger charge is 2.14. The molecule has 0 saturated heterocycles. The first kappa shape index (κ1) is 13.9. The van der Waals surface area contributed by atoms with Gasteiger partial charge in [-0.15, -0.1) is 0 Å². The van der Waals surface area contributed by atoms with Gasteiger partial charge in [-0.3, -0.25) is 4.79 Å². The van der Waals surface area contributed by atoms with Crippen LogP contribution in [0.5, 0.6) is 0 Å². The SMILES string of the molecule is CCC=CCCCCCC(C=O)C(=O)O. The molecule has 15 heavy (non-hydrogen) atoms. The second-order valence-electron chi connectivity index (χ2n) is 3.60. The first-order valence-electron chi connectivity index (χ1n) is 5.55. The standard InChI is InChI=1S/C12H20O3/c1-2-3-4-5-6-7-8-9-11(10-13)12(14)15/h3-4,10-11H,2,5-9H2,1H3,(H,14,15). The molecule has 0 bridgehead atoms. The third-order valence-corrected chi connectivity index (χ3v) is 2.27. The van der Waals surface area contributed by atoms with Gasteiger partial charge in [-0.05, 0) is 25.7 Å². The van der Waals surface area contributed by atoms with Gasteiger partial charge >= 0.3 is 5.97 Å². The molecular weight excluding hydrogens is 192 g/mol. The molecule has 0 aromatic carbocycles. The van der Waals surface area contributed by atoms with Gasteiger partial charge < -0.3 is 9.90 Å². The summed E-state index contributed by atoms with van der Waals surface area (Å²) in [6.45, 7) is 2.10. The van der Waals surface area contributed by atoms with Gasteiger partial charge in [-0.25, -0.2) is 0 Å². The second-order valence-corrected chi connectivity index (χ2v) is 3.60. The Labute approximate surface area is 91.2 Å². The van der Waals surface area contributed by atoms with E-state index in [4.69, 9.17) is 5.11 Å². The molecule has 0 radical (unpaired) electrons. The number of carbonyl (C=O) groups is 2. The topological polar surface area (TPSA) is 54.4 Å². The minimum absolute atomic E-state index is 0.469. The number of carboxylic acids is 1. The van der Waals surface area contributed by atoms with Gasteiger partial charge in [0.15, 0.2) is 0 Å². The zero-order valence-electron chi connectivity index (χ0n) is 9.32. The number of carbonyl (C=O) groups excluding carboxylic acids is 1. The van der Waals surface area contributed by atoms with Crippen LogP contribution in [-0.2, 0) is 9.59 Å². The lowest BCUT2D eigenvalue weighted by molar-refractivity contribution is -0.143. The van der Waals surface area contributed by atoms with E-state index in [1.807, 2.05) is 0 Å². The monoisotopic (exact) mass is 212 g/mol. The van der Waals surface area contributed by atoms with E-state index in [9.17, 15) is 9.59 Å². The van der Waals surface area contributed by atoms with Crippen LogP contribution in [0.15, 0.2) is 12.2 Å². The highest BCUT2D eigenvalue weighted by Crippen LogP contribution is 2.09. The highest BCUT2D eigenvalue weighted by molar-refractivity contribution is 5.86. The van der Waals surface area contributed by atoms with E-state index in [1.54, 1.807) is 0 Å². The summed E-state index contributed by atoms with van der Waals surface area (Å²) in [5.74, 6) is -1.81. The van der Waals surface area contributed by atoms with E-state index >= 15 is 0 Å². The van der Waals surface area contributed by atoms with E-state index in [-0.39, 0.29) is 0 Å². The molecule has 0 aromatic heterocycles.